The molecule has 3 aliphatic heterocycles. The van der Waals surface area contributed by atoms with Crippen molar-refractivity contribution in [2.24, 2.45) is 0 Å². The Bertz CT molecular complexity index is 1550. The van der Waals surface area contributed by atoms with E-state index < -0.39 is 5.82 Å². The molecular formula is C30H34FIN8O2. The van der Waals surface area contributed by atoms with Gasteiger partial charge in [-0.15, -0.1) is 0 Å². The topological polar surface area (TPSA) is 100 Å². The minimum Gasteiger partial charge on any atom is -0.461 e. The van der Waals surface area contributed by atoms with Gasteiger partial charge < -0.3 is 14.5 Å². The number of nitrogens with zero attached hydrogens (tertiary/aromatic N) is 8. The number of anilines is 1. The summed E-state index contributed by atoms with van der Waals surface area (Å²) in [4.78, 5) is 41.3. The lowest BCUT2D eigenvalue weighted by molar-refractivity contribution is -0.125. The molecule has 6 heterocycles. The highest BCUT2D eigenvalue weighted by Gasteiger charge is 2.48. The minimum atomic E-state index is -0.533. The highest BCUT2D eigenvalue weighted by Crippen LogP contribution is 2.44. The number of ether oxygens (including phenoxy) is 1. The molecule has 42 heavy (non-hydrogen) atoms. The molecule has 3 atom stereocenters. The van der Waals surface area contributed by atoms with Gasteiger partial charge in [-0.2, -0.15) is 9.97 Å². The van der Waals surface area contributed by atoms with Crippen molar-refractivity contribution >= 4 is 45.2 Å². The molecule has 3 aromatic rings. The smallest absolute Gasteiger partial charge is 0.319 e. The van der Waals surface area contributed by atoms with Gasteiger partial charge >= 0.3 is 6.01 Å². The maximum Gasteiger partial charge on any atom is 0.319 e. The Kier molecular flexibility index (Phi) is 7.24. The van der Waals surface area contributed by atoms with Gasteiger partial charge in [0.1, 0.15) is 30.0 Å². The summed E-state index contributed by atoms with van der Waals surface area (Å²) in [6.45, 7) is 7.37. The van der Waals surface area contributed by atoms with Crippen molar-refractivity contribution in [1.82, 2.24) is 34.7 Å². The lowest BCUT2D eigenvalue weighted by Crippen LogP contribution is -2.43. The highest BCUT2D eigenvalue weighted by atomic mass is 127. The van der Waals surface area contributed by atoms with Gasteiger partial charge in [-0.3, -0.25) is 14.7 Å². The maximum atomic E-state index is 16.5. The van der Waals surface area contributed by atoms with Crippen LogP contribution in [-0.2, 0) is 4.79 Å². The third kappa shape index (κ3) is 4.89. The number of amides is 1. The Morgan fingerprint density at radius 3 is 2.90 bits per heavy atom. The van der Waals surface area contributed by atoms with Crippen molar-refractivity contribution in [3.05, 3.63) is 42.9 Å². The van der Waals surface area contributed by atoms with Crippen LogP contribution in [0.5, 0.6) is 6.01 Å². The van der Waals surface area contributed by atoms with Gasteiger partial charge in [-0.05, 0) is 51.1 Å². The molecule has 10 nitrogen and oxygen atoms in total. The third-order valence-corrected chi connectivity index (χ3v) is 10.2. The van der Waals surface area contributed by atoms with Gasteiger partial charge in [0.25, 0.3) is 0 Å². The molecule has 7 rings (SSSR count). The van der Waals surface area contributed by atoms with Crippen LogP contribution < -0.4 is 9.64 Å². The molecule has 0 radical (unpaired) electrons. The van der Waals surface area contributed by atoms with Gasteiger partial charge in [-0.1, -0.05) is 29.2 Å². The standard InChI is InChI=1S/C30H34FIN8O2/c1-3-23(41)39-10-7-20(15-39)38(2)28-22-13-34-26(21-12-33-17-35-25(21)18-5-6-18)24(31)27(22)36-29(37-28)42-16-30-8-4-9-40(30)14-19(32)11-30/h3,12-13,17-20H,1,4-11,14-16H2,2H3/t19-,20-,30?/m1/s1. The Balaban J connectivity index is 1.28. The van der Waals surface area contributed by atoms with E-state index in [-0.39, 0.29) is 34.7 Å². The molecule has 0 spiro atoms. The van der Waals surface area contributed by atoms with E-state index in [2.05, 4.69) is 54.0 Å². The van der Waals surface area contributed by atoms with Crippen LogP contribution in [0.1, 0.15) is 50.1 Å². The molecule has 1 amide bonds. The zero-order valence-electron chi connectivity index (χ0n) is 23.7. The molecule has 1 saturated carbocycles. The first kappa shape index (κ1) is 27.8. The number of hydrogen-bond acceptors (Lipinski definition) is 9. The van der Waals surface area contributed by atoms with Gasteiger partial charge in [0.2, 0.25) is 5.91 Å². The fraction of sp³-hybridized carbons (Fsp3) is 0.533. The molecule has 4 aliphatic rings. The van der Waals surface area contributed by atoms with E-state index in [9.17, 15) is 4.79 Å². The number of alkyl halides is 1. The molecule has 0 aromatic carbocycles. The summed E-state index contributed by atoms with van der Waals surface area (Å²) in [5, 5.41) is 0.498. The highest BCUT2D eigenvalue weighted by molar-refractivity contribution is 14.1. The fourth-order valence-electron chi connectivity index (χ4n) is 6.95. The predicted molar refractivity (Wildman–Crippen MR) is 165 cm³/mol. The number of hydrogen-bond donors (Lipinski definition) is 0. The first-order chi connectivity index (χ1) is 20.4. The summed E-state index contributed by atoms with van der Waals surface area (Å²) in [7, 11) is 1.93. The number of halogens is 2. The Hall–Kier alpha value is -3.00. The van der Waals surface area contributed by atoms with Crippen molar-refractivity contribution < 1.29 is 13.9 Å². The van der Waals surface area contributed by atoms with Crippen LogP contribution in [0.15, 0.2) is 31.4 Å². The zero-order valence-corrected chi connectivity index (χ0v) is 25.8. The van der Waals surface area contributed by atoms with Gasteiger partial charge in [0.05, 0.1) is 16.6 Å². The van der Waals surface area contributed by atoms with Crippen molar-refractivity contribution in [2.45, 2.75) is 59.9 Å². The Morgan fingerprint density at radius 2 is 2.10 bits per heavy atom. The van der Waals surface area contributed by atoms with Crippen LogP contribution in [0.3, 0.4) is 0 Å². The van der Waals surface area contributed by atoms with Crippen LogP contribution in [0, 0.1) is 5.82 Å². The van der Waals surface area contributed by atoms with Crippen molar-refractivity contribution in [1.29, 1.82) is 0 Å². The molecule has 0 bridgehead atoms. The number of fused-ring (bicyclic) bond motifs is 2. The van der Waals surface area contributed by atoms with E-state index >= 15 is 4.39 Å². The maximum absolute atomic E-state index is 16.5. The zero-order chi connectivity index (χ0) is 29.0. The fourth-order valence-corrected chi connectivity index (χ4v) is 8.25. The van der Waals surface area contributed by atoms with Crippen molar-refractivity contribution in [2.75, 3.05) is 44.7 Å². The van der Waals surface area contributed by atoms with Crippen LogP contribution in [-0.4, -0.2) is 96.0 Å². The van der Waals surface area contributed by atoms with Crippen molar-refractivity contribution in [3.63, 3.8) is 0 Å². The van der Waals surface area contributed by atoms with E-state index in [1.807, 2.05) is 11.9 Å². The van der Waals surface area contributed by atoms with E-state index in [0.717, 1.165) is 57.3 Å². The SMILES string of the molecule is C=CC(=O)N1CC[C@@H](N(C)c2nc(OCC34CCCN3C[C@H](I)C4)nc3c(F)c(-c4cncnc4C4CC4)ncc23)C1. The second-order valence-corrected chi connectivity index (χ2v) is 13.8. The summed E-state index contributed by atoms with van der Waals surface area (Å²) in [6, 6.07) is 0.146. The van der Waals surface area contributed by atoms with Crippen LogP contribution in [0.2, 0.25) is 0 Å². The number of carbonyl (C=O) groups is 1. The van der Waals surface area contributed by atoms with E-state index in [4.69, 9.17) is 9.72 Å². The van der Waals surface area contributed by atoms with Crippen LogP contribution >= 0.6 is 22.6 Å². The molecule has 1 aliphatic carbocycles. The molecule has 220 valence electrons. The predicted octanol–water partition coefficient (Wildman–Crippen LogP) is 4.14. The Morgan fingerprint density at radius 1 is 1.24 bits per heavy atom. The first-order valence-corrected chi connectivity index (χ1v) is 15.9. The molecular weight excluding hydrogens is 650 g/mol. The van der Waals surface area contributed by atoms with Crippen LogP contribution in [0.25, 0.3) is 22.2 Å². The Labute approximate surface area is 257 Å². The normalized spacial score (nSPS) is 25.6. The quantitative estimate of drug-likeness (QED) is 0.197. The summed E-state index contributed by atoms with van der Waals surface area (Å²) < 4.78 is 23.4. The molecule has 12 heteroatoms. The number of aromatic nitrogens is 5. The van der Waals surface area contributed by atoms with E-state index in [1.165, 1.54) is 12.4 Å². The molecule has 0 N–H and O–H groups in total. The van der Waals surface area contributed by atoms with E-state index in [0.29, 0.717) is 46.3 Å². The molecule has 3 saturated heterocycles. The second kappa shape index (κ2) is 10.9. The first-order valence-electron chi connectivity index (χ1n) is 14.7. The lowest BCUT2D eigenvalue weighted by Gasteiger charge is -2.31. The molecule has 3 aromatic heterocycles. The van der Waals surface area contributed by atoms with Crippen molar-refractivity contribution in [3.8, 4) is 17.3 Å². The lowest BCUT2D eigenvalue weighted by atomic mass is 9.95. The molecule has 4 fully saturated rings. The minimum absolute atomic E-state index is 0.00916. The summed E-state index contributed by atoms with van der Waals surface area (Å²) in [5.41, 5.74) is 1.75. The summed E-state index contributed by atoms with van der Waals surface area (Å²) in [5.74, 6) is 0.212. The van der Waals surface area contributed by atoms with E-state index in [1.54, 1.807) is 17.3 Å². The number of rotatable bonds is 8. The number of likely N-dealkylation sites (tertiary alicyclic amines) is 1. The summed E-state index contributed by atoms with van der Waals surface area (Å²) >= 11 is 2.53. The van der Waals surface area contributed by atoms with Gasteiger partial charge in [0.15, 0.2) is 5.82 Å². The average molecular weight is 685 g/mol. The summed E-state index contributed by atoms with van der Waals surface area (Å²) in [6.07, 6.45) is 12.2. The number of carbonyl (C=O) groups excluding carboxylic acids is 1. The average Bonchev–Trinajstić information content (AvgIpc) is 3.46. The third-order valence-electron chi connectivity index (χ3n) is 9.37. The van der Waals surface area contributed by atoms with Gasteiger partial charge in [0, 0.05) is 60.5 Å². The van der Waals surface area contributed by atoms with Gasteiger partial charge in [-0.25, -0.2) is 14.4 Å². The monoisotopic (exact) mass is 684 g/mol. The largest absolute Gasteiger partial charge is 0.461 e. The number of likely N-dealkylation sites (N-methyl/N-ethyl adjacent to an activating group) is 1. The van der Waals surface area contributed by atoms with Crippen LogP contribution in [0.4, 0.5) is 10.2 Å². The second-order valence-electron chi connectivity index (χ2n) is 12.0. The molecule has 1 unspecified atom stereocenters. The number of pyridine rings is 1.